The lowest BCUT2D eigenvalue weighted by Gasteiger charge is -2.17. The van der Waals surface area contributed by atoms with Crippen LogP contribution >= 0.6 is 0 Å². The fourth-order valence-electron chi connectivity index (χ4n) is 1.69. The molecule has 0 fully saturated rings. The predicted molar refractivity (Wildman–Crippen MR) is 63.7 cm³/mol. The Morgan fingerprint density at radius 2 is 1.82 bits per heavy atom. The van der Waals surface area contributed by atoms with Gasteiger partial charge in [-0.1, -0.05) is 13.3 Å². The van der Waals surface area contributed by atoms with Crippen LogP contribution in [0.1, 0.15) is 38.3 Å². The van der Waals surface area contributed by atoms with Gasteiger partial charge in [0.2, 0.25) is 0 Å². The van der Waals surface area contributed by atoms with E-state index in [0.29, 0.717) is 12.1 Å². The standard InChI is InChI=1S/C13H19F2NO/c1-3-4-13(17)8-16-9(2)10-5-11(14)7-12(15)6-10/h5-7,9,13,16-17H,3-4,8H2,1-2H3. The van der Waals surface area contributed by atoms with E-state index in [4.69, 9.17) is 0 Å². The zero-order valence-electron chi connectivity index (χ0n) is 10.2. The molecule has 4 heteroatoms. The molecular formula is C13H19F2NO. The van der Waals surface area contributed by atoms with Crippen LogP contribution in [0, 0.1) is 11.6 Å². The van der Waals surface area contributed by atoms with E-state index in [-0.39, 0.29) is 6.04 Å². The molecule has 0 heterocycles. The van der Waals surface area contributed by atoms with Crippen molar-refractivity contribution in [2.24, 2.45) is 0 Å². The van der Waals surface area contributed by atoms with Gasteiger partial charge < -0.3 is 10.4 Å². The summed E-state index contributed by atoms with van der Waals surface area (Å²) in [6, 6.07) is 3.26. The van der Waals surface area contributed by atoms with E-state index in [9.17, 15) is 13.9 Å². The Balaban J connectivity index is 2.54. The lowest BCUT2D eigenvalue weighted by molar-refractivity contribution is 0.157. The van der Waals surface area contributed by atoms with Crippen molar-refractivity contribution < 1.29 is 13.9 Å². The number of benzene rings is 1. The summed E-state index contributed by atoms with van der Waals surface area (Å²) < 4.78 is 26.0. The van der Waals surface area contributed by atoms with Crippen molar-refractivity contribution in [3.8, 4) is 0 Å². The molecule has 2 nitrogen and oxygen atoms in total. The highest BCUT2D eigenvalue weighted by Crippen LogP contribution is 2.15. The summed E-state index contributed by atoms with van der Waals surface area (Å²) in [6.07, 6.45) is 1.21. The van der Waals surface area contributed by atoms with Crippen LogP contribution in [0.2, 0.25) is 0 Å². The van der Waals surface area contributed by atoms with E-state index in [1.54, 1.807) is 0 Å². The zero-order valence-corrected chi connectivity index (χ0v) is 10.2. The van der Waals surface area contributed by atoms with Crippen LogP contribution in [-0.4, -0.2) is 17.8 Å². The van der Waals surface area contributed by atoms with Crippen LogP contribution in [0.4, 0.5) is 8.78 Å². The molecule has 2 atom stereocenters. The second kappa shape index (κ2) is 6.67. The van der Waals surface area contributed by atoms with Gasteiger partial charge in [0.25, 0.3) is 0 Å². The van der Waals surface area contributed by atoms with Gasteiger partial charge in [-0.25, -0.2) is 8.78 Å². The first-order valence-electron chi connectivity index (χ1n) is 5.90. The minimum Gasteiger partial charge on any atom is -0.392 e. The summed E-state index contributed by atoms with van der Waals surface area (Å²) in [5, 5.41) is 12.6. The first kappa shape index (κ1) is 14.1. The molecule has 2 N–H and O–H groups in total. The molecule has 0 amide bonds. The van der Waals surface area contributed by atoms with Gasteiger partial charge in [-0.05, 0) is 31.0 Å². The van der Waals surface area contributed by atoms with E-state index in [1.165, 1.54) is 12.1 Å². The van der Waals surface area contributed by atoms with E-state index in [0.717, 1.165) is 18.9 Å². The van der Waals surface area contributed by atoms with Gasteiger partial charge in [-0.15, -0.1) is 0 Å². The van der Waals surface area contributed by atoms with Crippen molar-refractivity contribution in [1.29, 1.82) is 0 Å². The number of nitrogens with one attached hydrogen (secondary N) is 1. The Kier molecular flexibility index (Phi) is 5.51. The number of aliphatic hydroxyl groups excluding tert-OH is 1. The van der Waals surface area contributed by atoms with Crippen LogP contribution in [0.3, 0.4) is 0 Å². The van der Waals surface area contributed by atoms with E-state index < -0.39 is 17.7 Å². The van der Waals surface area contributed by atoms with Crippen molar-refractivity contribution in [1.82, 2.24) is 5.32 Å². The van der Waals surface area contributed by atoms with Gasteiger partial charge in [0.05, 0.1) is 6.10 Å². The highest BCUT2D eigenvalue weighted by atomic mass is 19.1. The first-order valence-corrected chi connectivity index (χ1v) is 5.90. The Labute approximate surface area is 101 Å². The molecule has 0 aromatic heterocycles. The number of hydrogen-bond donors (Lipinski definition) is 2. The third-order valence-electron chi connectivity index (χ3n) is 2.67. The second-order valence-corrected chi connectivity index (χ2v) is 4.28. The average Bonchev–Trinajstić information content (AvgIpc) is 2.25. The Bertz CT molecular complexity index is 337. The number of hydrogen-bond acceptors (Lipinski definition) is 2. The highest BCUT2D eigenvalue weighted by molar-refractivity contribution is 5.20. The van der Waals surface area contributed by atoms with Gasteiger partial charge >= 0.3 is 0 Å². The molecule has 0 bridgehead atoms. The Hall–Kier alpha value is -1.00. The van der Waals surface area contributed by atoms with Crippen molar-refractivity contribution in [2.75, 3.05) is 6.54 Å². The molecule has 96 valence electrons. The molecule has 2 unspecified atom stereocenters. The molecule has 0 aliphatic rings. The fraction of sp³-hybridized carbons (Fsp3) is 0.538. The first-order chi connectivity index (χ1) is 8.02. The topological polar surface area (TPSA) is 32.3 Å². The summed E-state index contributed by atoms with van der Waals surface area (Å²) in [6.45, 7) is 4.23. The number of rotatable bonds is 6. The number of aliphatic hydroxyl groups is 1. The van der Waals surface area contributed by atoms with Crippen molar-refractivity contribution in [3.05, 3.63) is 35.4 Å². The third-order valence-corrected chi connectivity index (χ3v) is 2.67. The molecule has 0 aliphatic heterocycles. The summed E-state index contributed by atoms with van der Waals surface area (Å²) >= 11 is 0. The molecule has 0 aliphatic carbocycles. The average molecular weight is 243 g/mol. The Morgan fingerprint density at radius 1 is 1.24 bits per heavy atom. The monoisotopic (exact) mass is 243 g/mol. The Morgan fingerprint density at radius 3 is 2.35 bits per heavy atom. The summed E-state index contributed by atoms with van der Waals surface area (Å²) in [5.74, 6) is -1.16. The van der Waals surface area contributed by atoms with Crippen LogP contribution in [-0.2, 0) is 0 Å². The fourth-order valence-corrected chi connectivity index (χ4v) is 1.69. The van der Waals surface area contributed by atoms with Crippen LogP contribution in [0.15, 0.2) is 18.2 Å². The van der Waals surface area contributed by atoms with Crippen molar-refractivity contribution in [2.45, 2.75) is 38.8 Å². The quantitative estimate of drug-likeness (QED) is 0.805. The summed E-state index contributed by atoms with van der Waals surface area (Å²) in [5.41, 5.74) is 0.547. The zero-order chi connectivity index (χ0) is 12.8. The molecule has 1 rings (SSSR count). The van der Waals surface area contributed by atoms with Crippen molar-refractivity contribution >= 4 is 0 Å². The van der Waals surface area contributed by atoms with Crippen LogP contribution < -0.4 is 5.32 Å². The van der Waals surface area contributed by atoms with Crippen molar-refractivity contribution in [3.63, 3.8) is 0 Å². The predicted octanol–water partition coefficient (Wildman–Crippen LogP) is 2.78. The van der Waals surface area contributed by atoms with E-state index in [2.05, 4.69) is 5.32 Å². The van der Waals surface area contributed by atoms with Gasteiger partial charge in [-0.3, -0.25) is 0 Å². The van der Waals surface area contributed by atoms with Gasteiger partial charge in [0, 0.05) is 18.7 Å². The normalized spacial score (nSPS) is 14.6. The van der Waals surface area contributed by atoms with E-state index in [1.807, 2.05) is 13.8 Å². The largest absolute Gasteiger partial charge is 0.392 e. The molecule has 1 aromatic rings. The maximum absolute atomic E-state index is 13.0. The summed E-state index contributed by atoms with van der Waals surface area (Å²) in [7, 11) is 0. The lowest BCUT2D eigenvalue weighted by atomic mass is 10.1. The maximum atomic E-state index is 13.0. The molecular weight excluding hydrogens is 224 g/mol. The third kappa shape index (κ3) is 4.79. The van der Waals surface area contributed by atoms with Gasteiger partial charge in [0.15, 0.2) is 0 Å². The lowest BCUT2D eigenvalue weighted by Crippen LogP contribution is -2.29. The summed E-state index contributed by atoms with van der Waals surface area (Å²) in [4.78, 5) is 0. The smallest absolute Gasteiger partial charge is 0.126 e. The molecule has 1 aromatic carbocycles. The van der Waals surface area contributed by atoms with Crippen LogP contribution in [0.25, 0.3) is 0 Å². The minimum atomic E-state index is -0.581. The van der Waals surface area contributed by atoms with Crippen LogP contribution in [0.5, 0.6) is 0 Å². The number of halogens is 2. The second-order valence-electron chi connectivity index (χ2n) is 4.28. The highest BCUT2D eigenvalue weighted by Gasteiger charge is 2.10. The minimum absolute atomic E-state index is 0.188. The van der Waals surface area contributed by atoms with Gasteiger partial charge in [0.1, 0.15) is 11.6 Å². The SMILES string of the molecule is CCCC(O)CNC(C)c1cc(F)cc(F)c1. The molecule has 17 heavy (non-hydrogen) atoms. The van der Waals surface area contributed by atoms with E-state index >= 15 is 0 Å². The molecule has 0 radical (unpaired) electrons. The van der Waals surface area contributed by atoms with Gasteiger partial charge in [-0.2, -0.15) is 0 Å². The maximum Gasteiger partial charge on any atom is 0.126 e. The molecule has 0 spiro atoms. The molecule has 0 saturated heterocycles. The molecule has 0 saturated carbocycles.